The van der Waals surface area contributed by atoms with Gasteiger partial charge in [-0.25, -0.2) is 0 Å². The van der Waals surface area contributed by atoms with Gasteiger partial charge in [0.15, 0.2) is 17.6 Å². The van der Waals surface area contributed by atoms with Gasteiger partial charge in [0.1, 0.15) is 6.61 Å². The fourth-order valence-corrected chi connectivity index (χ4v) is 4.73. The molecule has 2 saturated heterocycles. The number of hydrogen-bond donors (Lipinski definition) is 0. The van der Waals surface area contributed by atoms with Gasteiger partial charge in [-0.15, -0.1) is 0 Å². The van der Waals surface area contributed by atoms with Crippen molar-refractivity contribution in [3.63, 3.8) is 0 Å². The molecule has 0 spiro atoms. The number of ether oxygens (including phenoxy) is 3. The normalized spacial score (nSPS) is 18.6. The monoisotopic (exact) mass is 506 g/mol. The van der Waals surface area contributed by atoms with E-state index >= 15 is 0 Å². The molecule has 2 fully saturated rings. The van der Waals surface area contributed by atoms with Gasteiger partial charge in [-0.1, -0.05) is 23.4 Å². The van der Waals surface area contributed by atoms with Crippen LogP contribution in [-0.2, 0) is 14.3 Å². The van der Waals surface area contributed by atoms with Gasteiger partial charge >= 0.3 is 0 Å². The SMILES string of the molecule is CCOc1ccc(-c2noc(C3CCN(C(=O)C4CN(c5ccccc5)C(=O)CO4)CC3)n2)cc1OC. The third kappa shape index (κ3) is 5.29. The molecule has 1 aromatic heterocycles. The maximum absolute atomic E-state index is 13.2. The smallest absolute Gasteiger partial charge is 0.253 e. The molecule has 5 rings (SSSR count). The van der Waals surface area contributed by atoms with E-state index < -0.39 is 6.10 Å². The summed E-state index contributed by atoms with van der Waals surface area (Å²) in [6.45, 7) is 3.66. The van der Waals surface area contributed by atoms with E-state index in [1.54, 1.807) is 16.9 Å². The van der Waals surface area contributed by atoms with E-state index in [9.17, 15) is 9.59 Å². The molecule has 3 aromatic rings. The van der Waals surface area contributed by atoms with Crippen LogP contribution in [0.25, 0.3) is 11.4 Å². The van der Waals surface area contributed by atoms with E-state index in [-0.39, 0.29) is 30.9 Å². The van der Waals surface area contributed by atoms with E-state index in [4.69, 9.17) is 18.7 Å². The Hall–Kier alpha value is -3.92. The molecule has 1 atom stereocenters. The van der Waals surface area contributed by atoms with Crippen molar-refractivity contribution in [3.8, 4) is 22.9 Å². The molecule has 1 unspecified atom stereocenters. The molecule has 0 bridgehead atoms. The Bertz CT molecular complexity index is 1240. The Morgan fingerprint density at radius 1 is 1.11 bits per heavy atom. The number of nitrogens with zero attached hydrogens (tertiary/aromatic N) is 4. The molecule has 10 nitrogen and oxygen atoms in total. The quantitative estimate of drug-likeness (QED) is 0.481. The first-order valence-corrected chi connectivity index (χ1v) is 12.5. The van der Waals surface area contributed by atoms with E-state index in [1.807, 2.05) is 55.5 Å². The zero-order valence-electron chi connectivity index (χ0n) is 21.0. The molecule has 2 aliphatic heterocycles. The lowest BCUT2D eigenvalue weighted by Crippen LogP contribution is -2.54. The Labute approximate surface area is 215 Å². The fraction of sp³-hybridized carbons (Fsp3) is 0.407. The minimum absolute atomic E-state index is 0.0598. The summed E-state index contributed by atoms with van der Waals surface area (Å²) in [6.07, 6.45) is 0.723. The van der Waals surface area contributed by atoms with Crippen molar-refractivity contribution in [3.05, 3.63) is 54.4 Å². The Kier molecular flexibility index (Phi) is 7.36. The van der Waals surface area contributed by atoms with Crippen molar-refractivity contribution >= 4 is 17.5 Å². The summed E-state index contributed by atoms with van der Waals surface area (Å²) in [5.41, 5.74) is 1.54. The van der Waals surface area contributed by atoms with Crippen LogP contribution in [0, 0.1) is 0 Å². The number of para-hydroxylation sites is 1. The van der Waals surface area contributed by atoms with E-state index in [0.29, 0.717) is 55.8 Å². The lowest BCUT2D eigenvalue weighted by atomic mass is 9.96. The van der Waals surface area contributed by atoms with Gasteiger partial charge in [-0.05, 0) is 50.1 Å². The van der Waals surface area contributed by atoms with Crippen molar-refractivity contribution in [2.24, 2.45) is 0 Å². The predicted molar refractivity (Wildman–Crippen MR) is 135 cm³/mol. The van der Waals surface area contributed by atoms with Crippen LogP contribution < -0.4 is 14.4 Å². The van der Waals surface area contributed by atoms with Crippen LogP contribution in [0.2, 0.25) is 0 Å². The maximum atomic E-state index is 13.2. The second kappa shape index (κ2) is 11.0. The first kappa shape index (κ1) is 24.8. The standard InChI is InChI=1S/C27H30N4O6/c1-3-35-21-10-9-19(15-22(21)34-2)25-28-26(37-29-25)18-11-13-30(14-12-18)27(33)23-16-31(24(32)17-36-23)20-7-5-4-6-8-20/h4-10,15,18,23H,3,11-14,16-17H2,1-2H3. The number of hydrogen-bond acceptors (Lipinski definition) is 8. The van der Waals surface area contributed by atoms with Crippen molar-refractivity contribution in [2.45, 2.75) is 31.8 Å². The number of methoxy groups -OCH3 is 1. The van der Waals surface area contributed by atoms with Crippen molar-refractivity contribution in [1.82, 2.24) is 15.0 Å². The lowest BCUT2D eigenvalue weighted by molar-refractivity contribution is -0.149. The Morgan fingerprint density at radius 2 is 1.89 bits per heavy atom. The van der Waals surface area contributed by atoms with E-state index in [2.05, 4.69) is 10.1 Å². The van der Waals surface area contributed by atoms with Gasteiger partial charge in [-0.2, -0.15) is 4.98 Å². The summed E-state index contributed by atoms with van der Waals surface area (Å²) in [5, 5.41) is 4.16. The highest BCUT2D eigenvalue weighted by molar-refractivity contribution is 5.97. The summed E-state index contributed by atoms with van der Waals surface area (Å²) in [6, 6.07) is 14.9. The summed E-state index contributed by atoms with van der Waals surface area (Å²) >= 11 is 0. The Morgan fingerprint density at radius 3 is 2.62 bits per heavy atom. The number of carbonyl (C=O) groups excluding carboxylic acids is 2. The predicted octanol–water partition coefficient (Wildman–Crippen LogP) is 3.28. The highest BCUT2D eigenvalue weighted by Gasteiger charge is 2.36. The molecule has 0 N–H and O–H groups in total. The van der Waals surface area contributed by atoms with Crippen molar-refractivity contribution in [2.75, 3.05) is 44.9 Å². The third-order valence-corrected chi connectivity index (χ3v) is 6.72. The average Bonchev–Trinajstić information content (AvgIpc) is 3.44. The topological polar surface area (TPSA) is 107 Å². The molecule has 37 heavy (non-hydrogen) atoms. The first-order chi connectivity index (χ1) is 18.1. The molecule has 0 aliphatic carbocycles. The lowest BCUT2D eigenvalue weighted by Gasteiger charge is -2.37. The highest BCUT2D eigenvalue weighted by atomic mass is 16.5. The first-order valence-electron chi connectivity index (χ1n) is 12.5. The molecule has 2 amide bonds. The molecular formula is C27H30N4O6. The van der Waals surface area contributed by atoms with Crippen molar-refractivity contribution in [1.29, 1.82) is 0 Å². The molecule has 194 valence electrons. The molecule has 2 aromatic carbocycles. The summed E-state index contributed by atoms with van der Waals surface area (Å²) in [7, 11) is 1.59. The van der Waals surface area contributed by atoms with Gasteiger partial charge in [0.25, 0.3) is 11.8 Å². The van der Waals surface area contributed by atoms with Crippen LogP contribution in [0.1, 0.15) is 31.6 Å². The number of rotatable bonds is 7. The number of likely N-dealkylation sites (tertiary alicyclic amines) is 1. The second-order valence-corrected chi connectivity index (χ2v) is 8.99. The number of aromatic nitrogens is 2. The van der Waals surface area contributed by atoms with Crippen LogP contribution >= 0.6 is 0 Å². The zero-order valence-corrected chi connectivity index (χ0v) is 21.0. The second-order valence-electron chi connectivity index (χ2n) is 8.99. The number of carbonyl (C=O) groups is 2. The van der Waals surface area contributed by atoms with Crippen LogP contribution in [0.3, 0.4) is 0 Å². The zero-order chi connectivity index (χ0) is 25.8. The van der Waals surface area contributed by atoms with Crippen LogP contribution in [-0.4, -0.2) is 72.9 Å². The van der Waals surface area contributed by atoms with Crippen LogP contribution in [0.5, 0.6) is 11.5 Å². The van der Waals surface area contributed by atoms with Gasteiger partial charge < -0.3 is 28.5 Å². The summed E-state index contributed by atoms with van der Waals surface area (Å²) < 4.78 is 22.2. The van der Waals surface area contributed by atoms with Crippen LogP contribution in [0.4, 0.5) is 5.69 Å². The fourth-order valence-electron chi connectivity index (χ4n) is 4.73. The van der Waals surface area contributed by atoms with Gasteiger partial charge in [0.05, 0.1) is 20.3 Å². The molecule has 10 heteroatoms. The Balaban J connectivity index is 1.20. The van der Waals surface area contributed by atoms with E-state index in [0.717, 1.165) is 11.3 Å². The minimum Gasteiger partial charge on any atom is -0.493 e. The molecular weight excluding hydrogens is 476 g/mol. The van der Waals surface area contributed by atoms with Gasteiger partial charge in [-0.3, -0.25) is 9.59 Å². The third-order valence-electron chi connectivity index (χ3n) is 6.72. The maximum Gasteiger partial charge on any atom is 0.253 e. The molecule has 2 aliphatic rings. The van der Waals surface area contributed by atoms with Crippen molar-refractivity contribution < 1.29 is 28.3 Å². The molecule has 0 radical (unpaired) electrons. The molecule has 0 saturated carbocycles. The number of piperidine rings is 1. The summed E-state index contributed by atoms with van der Waals surface area (Å²) in [4.78, 5) is 33.6. The number of morpholine rings is 1. The summed E-state index contributed by atoms with van der Waals surface area (Å²) in [5.74, 6) is 2.12. The number of benzene rings is 2. The average molecular weight is 507 g/mol. The minimum atomic E-state index is -0.681. The molecule has 3 heterocycles. The number of anilines is 1. The van der Waals surface area contributed by atoms with Crippen LogP contribution in [0.15, 0.2) is 53.1 Å². The highest BCUT2D eigenvalue weighted by Crippen LogP contribution is 2.33. The van der Waals surface area contributed by atoms with E-state index in [1.165, 1.54) is 0 Å². The van der Waals surface area contributed by atoms with Gasteiger partial charge in [0.2, 0.25) is 11.7 Å². The largest absolute Gasteiger partial charge is 0.493 e. The van der Waals surface area contributed by atoms with Gasteiger partial charge in [0, 0.05) is 30.3 Å². The number of amides is 2.